The van der Waals surface area contributed by atoms with Crippen molar-refractivity contribution in [1.29, 1.82) is 0 Å². The van der Waals surface area contributed by atoms with Crippen LogP contribution in [-0.4, -0.2) is 21.6 Å². The topological polar surface area (TPSA) is 89.2 Å². The second-order valence-corrected chi connectivity index (χ2v) is 6.82. The summed E-state index contributed by atoms with van der Waals surface area (Å²) in [5, 5.41) is 10.4. The molecule has 0 aliphatic heterocycles. The summed E-state index contributed by atoms with van der Waals surface area (Å²) in [5.41, 5.74) is 0.785. The smallest absolute Gasteiger partial charge is 0.291 e. The van der Waals surface area contributed by atoms with Gasteiger partial charge < -0.3 is 15.1 Å². The third-order valence-electron chi connectivity index (χ3n) is 3.51. The lowest BCUT2D eigenvalue weighted by molar-refractivity contribution is 0.0995. The van der Waals surface area contributed by atoms with Gasteiger partial charge in [0.05, 0.1) is 22.3 Å². The summed E-state index contributed by atoms with van der Waals surface area (Å²) in [4.78, 5) is 25.1. The molecule has 3 aromatic heterocycles. The lowest BCUT2D eigenvalue weighted by Gasteiger charge is -2.11. The van der Waals surface area contributed by atoms with Crippen LogP contribution in [0, 0.1) is 6.92 Å². The van der Waals surface area contributed by atoms with Gasteiger partial charge in [0.2, 0.25) is 0 Å². The normalized spacial score (nSPS) is 10.9. The molecule has 0 aliphatic rings. The van der Waals surface area contributed by atoms with Gasteiger partial charge in [-0.05, 0) is 44.5 Å². The van der Waals surface area contributed by atoms with Crippen molar-refractivity contribution in [3.8, 4) is 0 Å². The van der Waals surface area contributed by atoms with E-state index in [-0.39, 0.29) is 23.6 Å². The first-order chi connectivity index (χ1) is 12.0. The van der Waals surface area contributed by atoms with Gasteiger partial charge in [0.25, 0.3) is 11.8 Å². The van der Waals surface area contributed by atoms with Gasteiger partial charge in [-0.1, -0.05) is 0 Å². The molecule has 0 unspecified atom stereocenters. The van der Waals surface area contributed by atoms with Gasteiger partial charge in [0, 0.05) is 12.1 Å². The largest absolute Gasteiger partial charge is 0.459 e. The molecule has 25 heavy (non-hydrogen) atoms. The highest BCUT2D eigenvalue weighted by molar-refractivity contribution is 7.18. The predicted molar refractivity (Wildman–Crippen MR) is 96.3 cm³/mol. The Morgan fingerprint density at radius 3 is 2.72 bits per heavy atom. The second-order valence-electron chi connectivity index (χ2n) is 5.76. The number of thiophene rings is 1. The minimum Gasteiger partial charge on any atom is -0.459 e. The van der Waals surface area contributed by atoms with E-state index in [2.05, 4.69) is 15.7 Å². The lowest BCUT2D eigenvalue weighted by atomic mass is 10.2. The Bertz CT molecular complexity index is 893. The SMILES string of the molecule is Cc1cc(NC(=O)c2ccco2)sc1C(=O)Nc1ccnn1C(C)C. The van der Waals surface area contributed by atoms with Crippen LogP contribution in [0.5, 0.6) is 0 Å². The van der Waals surface area contributed by atoms with E-state index in [1.807, 2.05) is 20.8 Å². The molecule has 0 saturated heterocycles. The number of anilines is 2. The van der Waals surface area contributed by atoms with Crippen LogP contribution in [-0.2, 0) is 0 Å². The van der Waals surface area contributed by atoms with Gasteiger partial charge in [-0.15, -0.1) is 11.3 Å². The van der Waals surface area contributed by atoms with Gasteiger partial charge >= 0.3 is 0 Å². The van der Waals surface area contributed by atoms with Crippen molar-refractivity contribution >= 4 is 34.0 Å². The number of hydrogen-bond acceptors (Lipinski definition) is 5. The van der Waals surface area contributed by atoms with E-state index >= 15 is 0 Å². The molecule has 0 fully saturated rings. The number of amides is 2. The first-order valence-electron chi connectivity index (χ1n) is 7.76. The highest BCUT2D eigenvalue weighted by Gasteiger charge is 2.18. The van der Waals surface area contributed by atoms with E-state index in [9.17, 15) is 9.59 Å². The van der Waals surface area contributed by atoms with Crippen molar-refractivity contribution in [1.82, 2.24) is 9.78 Å². The molecule has 0 aromatic carbocycles. The quantitative estimate of drug-likeness (QED) is 0.723. The zero-order valence-electron chi connectivity index (χ0n) is 14.1. The maximum atomic E-state index is 12.6. The van der Waals surface area contributed by atoms with Crippen molar-refractivity contribution in [3.63, 3.8) is 0 Å². The van der Waals surface area contributed by atoms with Crippen LogP contribution in [0.25, 0.3) is 0 Å². The summed E-state index contributed by atoms with van der Waals surface area (Å²) in [7, 11) is 0. The molecule has 0 aliphatic carbocycles. The number of carbonyl (C=O) groups excluding carboxylic acids is 2. The zero-order chi connectivity index (χ0) is 18.0. The Labute approximate surface area is 148 Å². The summed E-state index contributed by atoms with van der Waals surface area (Å²) in [6, 6.07) is 6.88. The summed E-state index contributed by atoms with van der Waals surface area (Å²) in [5.74, 6) is 0.270. The van der Waals surface area contributed by atoms with Crippen molar-refractivity contribution in [2.75, 3.05) is 10.6 Å². The first kappa shape index (κ1) is 17.0. The molecule has 0 radical (unpaired) electrons. The van der Waals surface area contributed by atoms with Crippen LogP contribution >= 0.6 is 11.3 Å². The third-order valence-corrected chi connectivity index (χ3v) is 4.66. The molecule has 0 atom stereocenters. The van der Waals surface area contributed by atoms with Gasteiger partial charge in [0.15, 0.2) is 5.76 Å². The zero-order valence-corrected chi connectivity index (χ0v) is 14.9. The number of furan rings is 1. The van der Waals surface area contributed by atoms with E-state index in [4.69, 9.17) is 4.42 Å². The maximum Gasteiger partial charge on any atom is 0.291 e. The van der Waals surface area contributed by atoms with E-state index in [0.29, 0.717) is 15.7 Å². The highest BCUT2D eigenvalue weighted by atomic mass is 32.1. The fourth-order valence-electron chi connectivity index (χ4n) is 2.35. The Hall–Kier alpha value is -2.87. The second kappa shape index (κ2) is 6.94. The summed E-state index contributed by atoms with van der Waals surface area (Å²) in [6.45, 7) is 5.80. The average Bonchev–Trinajstić information content (AvgIpc) is 3.27. The van der Waals surface area contributed by atoms with Crippen LogP contribution < -0.4 is 10.6 Å². The number of aromatic nitrogens is 2. The lowest BCUT2D eigenvalue weighted by Crippen LogP contribution is -2.16. The predicted octanol–water partition coefficient (Wildman–Crippen LogP) is 3.93. The number of carbonyl (C=O) groups is 2. The van der Waals surface area contributed by atoms with Gasteiger partial charge in [-0.3, -0.25) is 9.59 Å². The number of nitrogens with one attached hydrogen (secondary N) is 2. The van der Waals surface area contributed by atoms with Gasteiger partial charge in [-0.2, -0.15) is 5.10 Å². The molecular formula is C17H18N4O3S. The van der Waals surface area contributed by atoms with Crippen LogP contribution in [0.1, 0.15) is 45.7 Å². The monoisotopic (exact) mass is 358 g/mol. The molecule has 8 heteroatoms. The average molecular weight is 358 g/mol. The minimum absolute atomic E-state index is 0.137. The van der Waals surface area contributed by atoms with Crippen LogP contribution in [0.2, 0.25) is 0 Å². The van der Waals surface area contributed by atoms with Crippen molar-refractivity contribution in [2.45, 2.75) is 26.8 Å². The molecule has 2 N–H and O–H groups in total. The number of rotatable bonds is 5. The molecule has 3 aromatic rings. The minimum atomic E-state index is -0.351. The molecule has 0 spiro atoms. The van der Waals surface area contributed by atoms with Crippen LogP contribution in [0.15, 0.2) is 41.1 Å². The summed E-state index contributed by atoms with van der Waals surface area (Å²) in [6.07, 6.45) is 3.08. The Kier molecular flexibility index (Phi) is 4.71. The highest BCUT2D eigenvalue weighted by Crippen LogP contribution is 2.28. The molecule has 3 heterocycles. The third kappa shape index (κ3) is 3.63. The molecule has 2 amide bonds. The Morgan fingerprint density at radius 1 is 1.24 bits per heavy atom. The maximum absolute atomic E-state index is 12.6. The van der Waals surface area contributed by atoms with E-state index < -0.39 is 0 Å². The Balaban J connectivity index is 1.74. The van der Waals surface area contributed by atoms with E-state index in [1.165, 1.54) is 17.6 Å². The van der Waals surface area contributed by atoms with Gasteiger partial charge in [0.1, 0.15) is 5.82 Å². The fourth-order valence-corrected chi connectivity index (χ4v) is 3.31. The van der Waals surface area contributed by atoms with E-state index in [0.717, 1.165) is 5.56 Å². The molecule has 0 saturated carbocycles. The van der Waals surface area contributed by atoms with Crippen molar-refractivity contribution in [3.05, 3.63) is 52.9 Å². The summed E-state index contributed by atoms with van der Waals surface area (Å²) < 4.78 is 6.80. The Morgan fingerprint density at radius 2 is 2.04 bits per heavy atom. The van der Waals surface area contributed by atoms with Crippen LogP contribution in [0.3, 0.4) is 0 Å². The number of hydrogen-bond donors (Lipinski definition) is 2. The van der Waals surface area contributed by atoms with Crippen molar-refractivity contribution < 1.29 is 14.0 Å². The standard InChI is InChI=1S/C17H18N4O3S/c1-10(2)21-13(6-7-18-21)19-17(23)15-11(3)9-14(25-15)20-16(22)12-5-4-8-24-12/h4-10H,1-3H3,(H,19,23)(H,20,22). The molecule has 7 nitrogen and oxygen atoms in total. The summed E-state index contributed by atoms with van der Waals surface area (Å²) >= 11 is 1.21. The first-order valence-corrected chi connectivity index (χ1v) is 8.57. The van der Waals surface area contributed by atoms with Crippen LogP contribution in [0.4, 0.5) is 10.8 Å². The van der Waals surface area contributed by atoms with Gasteiger partial charge in [-0.25, -0.2) is 4.68 Å². The fraction of sp³-hybridized carbons (Fsp3) is 0.235. The molecule has 130 valence electrons. The van der Waals surface area contributed by atoms with E-state index in [1.54, 1.807) is 35.1 Å². The molecule has 3 rings (SSSR count). The molecule has 0 bridgehead atoms. The van der Waals surface area contributed by atoms with Crippen molar-refractivity contribution in [2.24, 2.45) is 0 Å². The number of nitrogens with zero attached hydrogens (tertiary/aromatic N) is 2. The number of aryl methyl sites for hydroxylation is 1. The molecular weight excluding hydrogens is 340 g/mol.